The third kappa shape index (κ3) is 3.05. The Balaban J connectivity index is 2.39. The van der Waals surface area contributed by atoms with E-state index >= 15 is 0 Å². The topological polar surface area (TPSA) is 63.2 Å². The molecular weight excluding hydrogens is 254 g/mol. The van der Waals surface area contributed by atoms with Crippen LogP contribution in [0, 0.1) is 0 Å². The molecule has 1 unspecified atom stereocenters. The number of hydrogen-bond acceptors (Lipinski definition) is 4. The average molecular weight is 273 g/mol. The molecule has 0 radical (unpaired) electrons. The van der Waals surface area contributed by atoms with E-state index in [1.165, 1.54) is 0 Å². The van der Waals surface area contributed by atoms with Gasteiger partial charge in [0.05, 0.1) is 17.7 Å². The van der Waals surface area contributed by atoms with Crippen LogP contribution in [-0.2, 0) is 4.74 Å². The molecule has 0 bridgehead atoms. The summed E-state index contributed by atoms with van der Waals surface area (Å²) in [6.07, 6.45) is 0. The molecule has 20 heavy (non-hydrogen) atoms. The number of carbonyl (C=O) groups is 1. The predicted molar refractivity (Wildman–Crippen MR) is 80.1 cm³/mol. The van der Waals surface area contributed by atoms with Crippen LogP contribution in [0.5, 0.6) is 0 Å². The molecule has 1 heterocycles. The summed E-state index contributed by atoms with van der Waals surface area (Å²) in [6.45, 7) is 2.39. The van der Waals surface area contributed by atoms with Gasteiger partial charge in [-0.2, -0.15) is 0 Å². The summed E-state index contributed by atoms with van der Waals surface area (Å²) in [5.41, 5.74) is 1.41. The minimum atomic E-state index is -0.121. The highest BCUT2D eigenvalue weighted by molar-refractivity contribution is 6.07. The Morgan fingerprint density at radius 3 is 2.85 bits per heavy atom. The zero-order valence-corrected chi connectivity index (χ0v) is 11.9. The first-order valence-corrected chi connectivity index (χ1v) is 6.53. The number of nitrogens with one attached hydrogen (secondary N) is 2. The molecule has 0 aliphatic heterocycles. The second kappa shape index (κ2) is 6.34. The van der Waals surface area contributed by atoms with Gasteiger partial charge in [0.1, 0.15) is 5.82 Å². The van der Waals surface area contributed by atoms with Crippen LogP contribution in [0.3, 0.4) is 0 Å². The fraction of sp³-hybridized carbons (Fsp3) is 0.333. The van der Waals surface area contributed by atoms with E-state index in [-0.39, 0.29) is 11.9 Å². The summed E-state index contributed by atoms with van der Waals surface area (Å²) in [5.74, 6) is 0.554. The molecule has 1 aromatic carbocycles. The summed E-state index contributed by atoms with van der Waals surface area (Å²) >= 11 is 0. The molecule has 1 aromatic heterocycles. The first-order chi connectivity index (χ1) is 9.65. The molecule has 0 saturated heterocycles. The van der Waals surface area contributed by atoms with Gasteiger partial charge in [0.2, 0.25) is 0 Å². The van der Waals surface area contributed by atoms with Crippen molar-refractivity contribution < 1.29 is 9.53 Å². The van der Waals surface area contributed by atoms with Crippen LogP contribution in [0.1, 0.15) is 17.3 Å². The molecule has 0 spiro atoms. The number of hydrogen-bond donors (Lipinski definition) is 2. The van der Waals surface area contributed by atoms with E-state index in [1.807, 2.05) is 31.2 Å². The van der Waals surface area contributed by atoms with Crippen molar-refractivity contribution in [1.29, 1.82) is 0 Å². The zero-order valence-electron chi connectivity index (χ0n) is 11.9. The maximum Gasteiger partial charge on any atom is 0.252 e. The number of rotatable bonds is 5. The highest BCUT2D eigenvalue weighted by Gasteiger charge is 2.14. The normalized spacial score (nSPS) is 12.2. The summed E-state index contributed by atoms with van der Waals surface area (Å²) < 4.78 is 5.03. The first kappa shape index (κ1) is 14.3. The lowest BCUT2D eigenvalue weighted by atomic mass is 10.1. The zero-order chi connectivity index (χ0) is 14.5. The Morgan fingerprint density at radius 1 is 1.40 bits per heavy atom. The SMILES string of the molecule is CNc1cc(C(=O)NC(C)COC)c2ccccc2n1. The summed E-state index contributed by atoms with van der Waals surface area (Å²) in [4.78, 5) is 16.8. The Morgan fingerprint density at radius 2 is 2.15 bits per heavy atom. The van der Waals surface area contributed by atoms with Gasteiger partial charge in [-0.1, -0.05) is 18.2 Å². The third-order valence-electron chi connectivity index (χ3n) is 3.01. The van der Waals surface area contributed by atoms with Crippen molar-refractivity contribution >= 4 is 22.6 Å². The maximum absolute atomic E-state index is 12.4. The second-order valence-electron chi connectivity index (χ2n) is 4.65. The Bertz CT molecular complexity index is 613. The monoisotopic (exact) mass is 273 g/mol. The average Bonchev–Trinajstić information content (AvgIpc) is 2.46. The number of aromatic nitrogens is 1. The van der Waals surface area contributed by atoms with Crippen LogP contribution in [0.4, 0.5) is 5.82 Å². The van der Waals surface area contributed by atoms with Gasteiger partial charge in [-0.15, -0.1) is 0 Å². The molecular formula is C15H19N3O2. The summed E-state index contributed by atoms with van der Waals surface area (Å²) in [5, 5.41) is 6.74. The number of para-hydroxylation sites is 1. The molecule has 5 nitrogen and oxygen atoms in total. The number of carbonyl (C=O) groups excluding carboxylic acids is 1. The van der Waals surface area contributed by atoms with Gasteiger partial charge in [-0.25, -0.2) is 4.98 Å². The molecule has 106 valence electrons. The van der Waals surface area contributed by atoms with Crippen LogP contribution in [0.15, 0.2) is 30.3 Å². The molecule has 2 aromatic rings. The molecule has 0 aliphatic rings. The fourth-order valence-electron chi connectivity index (χ4n) is 2.08. The van der Waals surface area contributed by atoms with Crippen molar-refractivity contribution in [3.8, 4) is 0 Å². The van der Waals surface area contributed by atoms with E-state index in [0.29, 0.717) is 18.0 Å². The highest BCUT2D eigenvalue weighted by atomic mass is 16.5. The van der Waals surface area contributed by atoms with E-state index < -0.39 is 0 Å². The second-order valence-corrected chi connectivity index (χ2v) is 4.65. The fourth-order valence-corrected chi connectivity index (χ4v) is 2.08. The molecule has 1 amide bonds. The van der Waals surface area contributed by atoms with Gasteiger partial charge in [0.25, 0.3) is 5.91 Å². The molecule has 0 fully saturated rings. The van der Waals surface area contributed by atoms with Gasteiger partial charge in [0, 0.05) is 25.6 Å². The third-order valence-corrected chi connectivity index (χ3v) is 3.01. The number of methoxy groups -OCH3 is 1. The minimum absolute atomic E-state index is 0.0440. The van der Waals surface area contributed by atoms with Crippen LogP contribution in [0.2, 0.25) is 0 Å². The van der Waals surface area contributed by atoms with Crippen molar-refractivity contribution in [2.24, 2.45) is 0 Å². The van der Waals surface area contributed by atoms with Crippen LogP contribution < -0.4 is 10.6 Å². The Hall–Kier alpha value is -2.14. The molecule has 2 rings (SSSR count). The van der Waals surface area contributed by atoms with E-state index in [9.17, 15) is 4.79 Å². The number of benzene rings is 1. The molecule has 0 aliphatic carbocycles. The van der Waals surface area contributed by atoms with E-state index in [4.69, 9.17) is 4.74 Å². The number of anilines is 1. The smallest absolute Gasteiger partial charge is 0.252 e. The number of nitrogens with zero attached hydrogens (tertiary/aromatic N) is 1. The number of fused-ring (bicyclic) bond motifs is 1. The first-order valence-electron chi connectivity index (χ1n) is 6.53. The molecule has 1 atom stereocenters. The largest absolute Gasteiger partial charge is 0.383 e. The highest BCUT2D eigenvalue weighted by Crippen LogP contribution is 2.20. The van der Waals surface area contributed by atoms with Crippen molar-refractivity contribution in [2.45, 2.75) is 13.0 Å². The quantitative estimate of drug-likeness (QED) is 0.875. The maximum atomic E-state index is 12.4. The Kier molecular flexibility index (Phi) is 4.53. The van der Waals surface area contributed by atoms with Crippen LogP contribution in [0.25, 0.3) is 10.9 Å². The van der Waals surface area contributed by atoms with Gasteiger partial charge >= 0.3 is 0 Å². The molecule has 0 saturated carbocycles. The van der Waals surface area contributed by atoms with Gasteiger partial charge < -0.3 is 15.4 Å². The van der Waals surface area contributed by atoms with Crippen LogP contribution >= 0.6 is 0 Å². The molecule has 2 N–H and O–H groups in total. The Labute approximate surface area is 118 Å². The number of pyridine rings is 1. The van der Waals surface area contributed by atoms with Crippen molar-refractivity contribution in [2.75, 3.05) is 26.1 Å². The van der Waals surface area contributed by atoms with E-state index in [2.05, 4.69) is 15.6 Å². The van der Waals surface area contributed by atoms with E-state index in [0.717, 1.165) is 10.9 Å². The lowest BCUT2D eigenvalue weighted by molar-refractivity contribution is 0.0907. The van der Waals surface area contributed by atoms with Crippen molar-refractivity contribution in [3.63, 3.8) is 0 Å². The van der Waals surface area contributed by atoms with Gasteiger partial charge in [0.15, 0.2) is 0 Å². The summed E-state index contributed by atoms with van der Waals surface area (Å²) in [7, 11) is 3.40. The summed E-state index contributed by atoms with van der Waals surface area (Å²) in [6, 6.07) is 9.32. The minimum Gasteiger partial charge on any atom is -0.383 e. The van der Waals surface area contributed by atoms with Crippen molar-refractivity contribution in [3.05, 3.63) is 35.9 Å². The van der Waals surface area contributed by atoms with Crippen LogP contribution in [-0.4, -0.2) is 37.7 Å². The standard InChI is InChI=1S/C15H19N3O2/c1-10(9-20-3)17-15(19)12-8-14(16-2)18-13-7-5-4-6-11(12)13/h4-8,10H,9H2,1-3H3,(H,16,18)(H,17,19). The number of amides is 1. The lowest BCUT2D eigenvalue weighted by Gasteiger charge is -2.14. The molecule has 5 heteroatoms. The lowest BCUT2D eigenvalue weighted by Crippen LogP contribution is -2.35. The van der Waals surface area contributed by atoms with Crippen molar-refractivity contribution in [1.82, 2.24) is 10.3 Å². The van der Waals surface area contributed by atoms with E-state index in [1.54, 1.807) is 20.2 Å². The predicted octanol–water partition coefficient (Wildman–Crippen LogP) is 2.04. The van der Waals surface area contributed by atoms with Gasteiger partial charge in [-0.05, 0) is 19.1 Å². The van der Waals surface area contributed by atoms with Gasteiger partial charge in [-0.3, -0.25) is 4.79 Å². The number of ether oxygens (including phenoxy) is 1.